The molecule has 198 valence electrons. The van der Waals surface area contributed by atoms with Gasteiger partial charge in [-0.25, -0.2) is 8.42 Å². The fourth-order valence-electron chi connectivity index (χ4n) is 4.61. The minimum absolute atomic E-state index is 0.127. The van der Waals surface area contributed by atoms with Crippen molar-refractivity contribution in [2.24, 2.45) is 5.92 Å². The van der Waals surface area contributed by atoms with Crippen LogP contribution in [0, 0.1) is 5.92 Å². The number of hydrogen-bond acceptors (Lipinski definition) is 7. The highest BCUT2D eigenvalue weighted by atomic mass is 35.5. The van der Waals surface area contributed by atoms with E-state index >= 15 is 0 Å². The summed E-state index contributed by atoms with van der Waals surface area (Å²) in [5.41, 5.74) is 0.856. The van der Waals surface area contributed by atoms with E-state index in [0.717, 1.165) is 0 Å². The van der Waals surface area contributed by atoms with Gasteiger partial charge in [-0.3, -0.25) is 14.5 Å². The first-order valence-corrected chi connectivity index (χ1v) is 14.5. The number of rotatable bonds is 6. The lowest BCUT2D eigenvalue weighted by Gasteiger charge is -2.32. The predicted molar refractivity (Wildman–Crippen MR) is 145 cm³/mol. The molecule has 3 heterocycles. The lowest BCUT2D eigenvalue weighted by molar-refractivity contribution is -0.123. The summed E-state index contributed by atoms with van der Waals surface area (Å²) >= 11 is 12.1. The maximum Gasteiger partial charge on any atom is 0.255 e. The third kappa shape index (κ3) is 5.26. The molecule has 0 aliphatic carbocycles. The number of carbonyl (C=O) groups excluding carboxylic acids is 2. The summed E-state index contributed by atoms with van der Waals surface area (Å²) in [5, 5.41) is 11.1. The molecule has 1 N–H and O–H groups in total. The zero-order valence-corrected chi connectivity index (χ0v) is 22.6. The van der Waals surface area contributed by atoms with Crippen LogP contribution in [0.1, 0.15) is 23.2 Å². The van der Waals surface area contributed by atoms with E-state index in [1.54, 1.807) is 41.3 Å². The Hall–Kier alpha value is -3.05. The molecule has 2 aliphatic heterocycles. The first-order chi connectivity index (χ1) is 18.3. The van der Waals surface area contributed by atoms with E-state index in [-0.39, 0.29) is 27.7 Å². The molecule has 0 unspecified atom stereocenters. The molecular formula is C26H25Cl2N5O4S. The Morgan fingerprint density at radius 3 is 2.29 bits per heavy atom. The van der Waals surface area contributed by atoms with Gasteiger partial charge < -0.3 is 10.2 Å². The molecule has 2 aliphatic rings. The van der Waals surface area contributed by atoms with Crippen LogP contribution in [0.25, 0.3) is 0 Å². The number of hydrogen-bond donors (Lipinski definition) is 1. The van der Waals surface area contributed by atoms with Gasteiger partial charge in [-0.15, -0.1) is 5.10 Å². The van der Waals surface area contributed by atoms with Crippen LogP contribution < -0.4 is 10.2 Å². The van der Waals surface area contributed by atoms with E-state index in [0.29, 0.717) is 61.1 Å². The number of sulfone groups is 1. The number of likely N-dealkylation sites (tertiary alicyclic amines) is 1. The number of piperidine rings is 1. The summed E-state index contributed by atoms with van der Waals surface area (Å²) in [5.74, 6) is -0.186. The molecule has 2 fully saturated rings. The van der Waals surface area contributed by atoms with Crippen LogP contribution in [0.4, 0.5) is 11.5 Å². The molecular weight excluding hydrogens is 549 g/mol. The zero-order valence-electron chi connectivity index (χ0n) is 20.3. The summed E-state index contributed by atoms with van der Waals surface area (Å²) < 4.78 is 26.8. The maximum atomic E-state index is 13.4. The summed E-state index contributed by atoms with van der Waals surface area (Å²) in [7, 11) is -3.65. The van der Waals surface area contributed by atoms with Gasteiger partial charge >= 0.3 is 0 Å². The van der Waals surface area contributed by atoms with E-state index in [1.165, 1.54) is 29.3 Å². The molecule has 0 radical (unpaired) electrons. The number of carbonyl (C=O) groups is 2. The van der Waals surface area contributed by atoms with E-state index in [1.807, 2.05) is 0 Å². The van der Waals surface area contributed by atoms with Gasteiger partial charge in [0, 0.05) is 37.4 Å². The quantitative estimate of drug-likeness (QED) is 0.477. The maximum absolute atomic E-state index is 13.4. The second-order valence-electron chi connectivity index (χ2n) is 9.27. The highest BCUT2D eigenvalue weighted by Gasteiger charge is 2.35. The van der Waals surface area contributed by atoms with Gasteiger partial charge in [-0.05, 0) is 67.4 Å². The third-order valence-electron chi connectivity index (χ3n) is 6.89. The largest absolute Gasteiger partial charge is 0.339 e. The number of nitrogens with zero attached hydrogens (tertiary/aromatic N) is 4. The Bertz CT molecular complexity index is 1440. The smallest absolute Gasteiger partial charge is 0.255 e. The van der Waals surface area contributed by atoms with E-state index in [9.17, 15) is 18.0 Å². The van der Waals surface area contributed by atoms with Crippen LogP contribution in [0.2, 0.25) is 10.0 Å². The number of halogens is 2. The molecule has 12 heteroatoms. The first kappa shape index (κ1) is 26.6. The van der Waals surface area contributed by atoms with Crippen molar-refractivity contribution >= 4 is 56.4 Å². The molecule has 9 nitrogen and oxygen atoms in total. The van der Waals surface area contributed by atoms with Gasteiger partial charge in [0.05, 0.1) is 32.3 Å². The Kier molecular flexibility index (Phi) is 7.67. The number of anilines is 2. The van der Waals surface area contributed by atoms with E-state index in [4.69, 9.17) is 23.2 Å². The van der Waals surface area contributed by atoms with Crippen LogP contribution in [0.15, 0.2) is 65.7 Å². The SMILES string of the molecule is O=C(c1ccc(Cl)cc1Cl)N1CCC(S(=O)(=O)c2ccc(N(C(=O)C3CNC3)c3cccnn3)cc2)CC1. The highest BCUT2D eigenvalue weighted by Crippen LogP contribution is 2.31. The van der Waals surface area contributed by atoms with Gasteiger partial charge in [-0.1, -0.05) is 23.2 Å². The average Bonchev–Trinajstić information content (AvgIpc) is 2.88. The fourth-order valence-corrected chi connectivity index (χ4v) is 6.83. The second kappa shape index (κ2) is 11.0. The lowest BCUT2D eigenvalue weighted by atomic mass is 10.0. The van der Waals surface area contributed by atoms with Crippen molar-refractivity contribution in [3.63, 3.8) is 0 Å². The van der Waals surface area contributed by atoms with Crippen molar-refractivity contribution < 1.29 is 18.0 Å². The molecule has 3 aromatic rings. The Morgan fingerprint density at radius 2 is 1.71 bits per heavy atom. The summed E-state index contributed by atoms with van der Waals surface area (Å²) in [4.78, 5) is 29.3. The number of amides is 2. The summed E-state index contributed by atoms with van der Waals surface area (Å²) in [6, 6.07) is 14.3. The molecule has 2 saturated heterocycles. The molecule has 2 amide bonds. The third-order valence-corrected chi connectivity index (χ3v) is 9.72. The number of nitrogens with one attached hydrogen (secondary N) is 1. The molecule has 2 aromatic carbocycles. The second-order valence-corrected chi connectivity index (χ2v) is 12.3. The van der Waals surface area contributed by atoms with Crippen molar-refractivity contribution in [2.75, 3.05) is 31.1 Å². The van der Waals surface area contributed by atoms with Crippen molar-refractivity contribution in [3.05, 3.63) is 76.4 Å². The Balaban J connectivity index is 1.30. The van der Waals surface area contributed by atoms with Crippen molar-refractivity contribution in [1.29, 1.82) is 0 Å². The molecule has 38 heavy (non-hydrogen) atoms. The fraction of sp³-hybridized carbons (Fsp3) is 0.308. The van der Waals surface area contributed by atoms with Crippen LogP contribution in [-0.4, -0.2) is 66.8 Å². The molecule has 5 rings (SSSR count). The average molecular weight is 574 g/mol. The highest BCUT2D eigenvalue weighted by molar-refractivity contribution is 7.92. The number of aromatic nitrogens is 2. The molecule has 1 aromatic heterocycles. The van der Waals surface area contributed by atoms with Gasteiger partial charge in [0.1, 0.15) is 0 Å². The van der Waals surface area contributed by atoms with Gasteiger partial charge in [-0.2, -0.15) is 5.10 Å². The lowest BCUT2D eigenvalue weighted by Crippen LogP contribution is -2.51. The van der Waals surface area contributed by atoms with E-state index in [2.05, 4.69) is 15.5 Å². The van der Waals surface area contributed by atoms with Gasteiger partial charge in [0.15, 0.2) is 15.7 Å². The van der Waals surface area contributed by atoms with Crippen molar-refractivity contribution in [3.8, 4) is 0 Å². The standard InChI is InChI=1S/C26H25Cl2N5O4S/c27-18-3-8-22(23(28)14-18)26(35)32-12-9-21(10-13-32)38(36,37)20-6-4-19(5-7-20)33(24-2-1-11-30-31-24)25(34)17-15-29-16-17/h1-8,11,14,17,21,29H,9-10,12-13,15-16H2. The summed E-state index contributed by atoms with van der Waals surface area (Å²) in [6.07, 6.45) is 2.13. The van der Waals surface area contributed by atoms with Crippen molar-refractivity contribution in [1.82, 2.24) is 20.4 Å². The predicted octanol–water partition coefficient (Wildman–Crippen LogP) is 3.75. The molecule has 0 bridgehead atoms. The van der Waals surface area contributed by atoms with E-state index < -0.39 is 15.1 Å². The summed E-state index contributed by atoms with van der Waals surface area (Å²) in [6.45, 7) is 1.75. The molecule has 0 atom stereocenters. The Morgan fingerprint density at radius 1 is 1.00 bits per heavy atom. The molecule has 0 saturated carbocycles. The van der Waals surface area contributed by atoms with Gasteiger partial charge in [0.2, 0.25) is 5.91 Å². The van der Waals surface area contributed by atoms with Gasteiger partial charge in [0.25, 0.3) is 5.91 Å². The first-order valence-electron chi connectivity index (χ1n) is 12.2. The van der Waals surface area contributed by atoms with Crippen LogP contribution in [0.3, 0.4) is 0 Å². The minimum atomic E-state index is -3.65. The topological polar surface area (TPSA) is 113 Å². The monoisotopic (exact) mass is 573 g/mol. The molecule has 0 spiro atoms. The van der Waals surface area contributed by atoms with Crippen LogP contribution >= 0.6 is 23.2 Å². The number of benzene rings is 2. The normalized spacial score (nSPS) is 16.6. The van der Waals surface area contributed by atoms with Crippen LogP contribution in [0.5, 0.6) is 0 Å². The minimum Gasteiger partial charge on any atom is -0.339 e. The Labute approximate surface area is 230 Å². The van der Waals surface area contributed by atoms with Crippen LogP contribution in [-0.2, 0) is 14.6 Å². The van der Waals surface area contributed by atoms with Crippen molar-refractivity contribution in [2.45, 2.75) is 23.0 Å². The zero-order chi connectivity index (χ0) is 26.9.